The highest BCUT2D eigenvalue weighted by Gasteiger charge is 2.43. The summed E-state index contributed by atoms with van der Waals surface area (Å²) in [6, 6.07) is 2.95. The van der Waals surface area contributed by atoms with Crippen LogP contribution in [0.25, 0.3) is 0 Å². The molecule has 0 amide bonds. The summed E-state index contributed by atoms with van der Waals surface area (Å²) in [5, 5.41) is 29.7. The van der Waals surface area contributed by atoms with Gasteiger partial charge < -0.3 is 34.3 Å². The maximum absolute atomic E-state index is 11.6. The third kappa shape index (κ3) is 3.46. The number of rotatable bonds is 5. The van der Waals surface area contributed by atoms with Crippen LogP contribution in [0, 0.1) is 0 Å². The van der Waals surface area contributed by atoms with Gasteiger partial charge in [0.2, 0.25) is 12.0 Å². The Balaban J connectivity index is 2.36. The SMILES string of the molecule is COc1cc(C(C)=O)cc(OC)c1O[C@H]1O[C@@H](C)[C@@H](O)[C@@H](O)[C@@H]1O. The maximum Gasteiger partial charge on any atom is 0.229 e. The standard InChI is InChI=1S/C16H22O8/c1-7(17)9-5-10(21-3)15(11(6-9)22-4)24-16-14(20)13(19)12(18)8(2)23-16/h5-6,8,12-14,16,18-20H,1-4H3/t8-,12+,13+,14-,16+/m0/s1. The Morgan fingerprint density at radius 3 is 2.04 bits per heavy atom. The van der Waals surface area contributed by atoms with Gasteiger partial charge in [0, 0.05) is 5.56 Å². The molecule has 2 rings (SSSR count). The lowest BCUT2D eigenvalue weighted by Crippen LogP contribution is -2.58. The second kappa shape index (κ2) is 7.35. The summed E-state index contributed by atoms with van der Waals surface area (Å²) < 4.78 is 21.5. The molecule has 134 valence electrons. The van der Waals surface area contributed by atoms with Crippen molar-refractivity contribution < 1.29 is 39.1 Å². The summed E-state index contributed by atoms with van der Waals surface area (Å²) in [7, 11) is 2.79. The van der Waals surface area contributed by atoms with Crippen molar-refractivity contribution in [1.29, 1.82) is 0 Å². The number of ketones is 1. The molecule has 0 aliphatic carbocycles. The minimum absolute atomic E-state index is 0.116. The lowest BCUT2D eigenvalue weighted by molar-refractivity contribution is -0.268. The summed E-state index contributed by atoms with van der Waals surface area (Å²) in [6.07, 6.45) is -6.12. The molecule has 0 spiro atoms. The van der Waals surface area contributed by atoms with Gasteiger partial charge in [-0.1, -0.05) is 0 Å². The number of aliphatic hydroxyl groups is 3. The Morgan fingerprint density at radius 2 is 1.58 bits per heavy atom. The van der Waals surface area contributed by atoms with E-state index >= 15 is 0 Å². The molecule has 0 aromatic heterocycles. The van der Waals surface area contributed by atoms with Crippen molar-refractivity contribution in [2.24, 2.45) is 0 Å². The normalized spacial score (nSPS) is 29.9. The molecule has 8 heteroatoms. The first kappa shape index (κ1) is 18.5. The number of carbonyl (C=O) groups excluding carboxylic acids is 1. The summed E-state index contributed by atoms with van der Waals surface area (Å²) in [5.41, 5.74) is 0.366. The van der Waals surface area contributed by atoms with Crippen LogP contribution in [0.2, 0.25) is 0 Å². The molecule has 1 fully saturated rings. The van der Waals surface area contributed by atoms with Gasteiger partial charge in [-0.3, -0.25) is 4.79 Å². The molecule has 1 aromatic rings. The van der Waals surface area contributed by atoms with Crippen molar-refractivity contribution in [2.45, 2.75) is 44.6 Å². The summed E-state index contributed by atoms with van der Waals surface area (Å²) in [6.45, 7) is 2.95. The van der Waals surface area contributed by atoms with Crippen LogP contribution in [-0.4, -0.2) is 66.0 Å². The molecule has 0 bridgehead atoms. The Hall–Kier alpha value is -1.87. The van der Waals surface area contributed by atoms with E-state index in [1.165, 1.54) is 33.3 Å². The zero-order valence-electron chi connectivity index (χ0n) is 13.9. The van der Waals surface area contributed by atoms with Crippen LogP contribution in [-0.2, 0) is 4.74 Å². The summed E-state index contributed by atoms with van der Waals surface area (Å²) >= 11 is 0. The number of Topliss-reactive ketones (excluding diaryl/α,β-unsaturated/α-hetero) is 1. The molecular weight excluding hydrogens is 320 g/mol. The molecule has 0 saturated carbocycles. The third-order valence-electron chi connectivity index (χ3n) is 3.91. The number of benzene rings is 1. The quantitative estimate of drug-likeness (QED) is 0.646. The molecule has 1 saturated heterocycles. The van der Waals surface area contributed by atoms with Gasteiger partial charge in [-0.05, 0) is 26.0 Å². The first-order valence-electron chi connectivity index (χ1n) is 7.43. The van der Waals surface area contributed by atoms with Crippen molar-refractivity contribution in [3.05, 3.63) is 17.7 Å². The van der Waals surface area contributed by atoms with Gasteiger partial charge in [-0.25, -0.2) is 0 Å². The minimum atomic E-state index is -1.47. The van der Waals surface area contributed by atoms with E-state index in [9.17, 15) is 20.1 Å². The molecular formula is C16H22O8. The zero-order valence-corrected chi connectivity index (χ0v) is 13.9. The van der Waals surface area contributed by atoms with E-state index < -0.39 is 30.7 Å². The van der Waals surface area contributed by atoms with Crippen molar-refractivity contribution in [3.8, 4) is 17.2 Å². The highest BCUT2D eigenvalue weighted by Crippen LogP contribution is 2.40. The number of ether oxygens (including phenoxy) is 4. The summed E-state index contributed by atoms with van der Waals surface area (Å²) in [4.78, 5) is 11.6. The number of carbonyl (C=O) groups is 1. The second-order valence-electron chi connectivity index (χ2n) is 5.57. The fourth-order valence-corrected chi connectivity index (χ4v) is 2.43. The topological polar surface area (TPSA) is 115 Å². The van der Waals surface area contributed by atoms with Crippen LogP contribution >= 0.6 is 0 Å². The van der Waals surface area contributed by atoms with Crippen LogP contribution in [0.4, 0.5) is 0 Å². The van der Waals surface area contributed by atoms with E-state index in [1.54, 1.807) is 6.92 Å². The predicted octanol–water partition coefficient (Wildman–Crippen LogP) is 0.113. The maximum atomic E-state index is 11.6. The van der Waals surface area contributed by atoms with Crippen LogP contribution in [0.5, 0.6) is 17.2 Å². The van der Waals surface area contributed by atoms with Gasteiger partial charge in [0.1, 0.15) is 18.3 Å². The van der Waals surface area contributed by atoms with Crippen LogP contribution < -0.4 is 14.2 Å². The van der Waals surface area contributed by atoms with Crippen molar-refractivity contribution in [1.82, 2.24) is 0 Å². The first-order valence-corrected chi connectivity index (χ1v) is 7.43. The number of aliphatic hydroxyl groups excluding tert-OH is 3. The molecule has 24 heavy (non-hydrogen) atoms. The largest absolute Gasteiger partial charge is 0.493 e. The fraction of sp³-hybridized carbons (Fsp3) is 0.562. The number of hydrogen-bond donors (Lipinski definition) is 3. The average molecular weight is 342 g/mol. The lowest BCUT2D eigenvalue weighted by Gasteiger charge is -2.39. The smallest absolute Gasteiger partial charge is 0.229 e. The third-order valence-corrected chi connectivity index (χ3v) is 3.91. The van der Waals surface area contributed by atoms with E-state index in [4.69, 9.17) is 18.9 Å². The van der Waals surface area contributed by atoms with Gasteiger partial charge in [0.05, 0.1) is 20.3 Å². The molecule has 8 nitrogen and oxygen atoms in total. The first-order chi connectivity index (χ1) is 11.3. The monoisotopic (exact) mass is 342 g/mol. The average Bonchev–Trinajstić information content (AvgIpc) is 2.57. The van der Waals surface area contributed by atoms with Crippen LogP contribution in [0.3, 0.4) is 0 Å². The van der Waals surface area contributed by atoms with Crippen molar-refractivity contribution >= 4 is 5.78 Å². The molecule has 0 radical (unpaired) electrons. The van der Waals surface area contributed by atoms with Gasteiger partial charge in [-0.15, -0.1) is 0 Å². The second-order valence-corrected chi connectivity index (χ2v) is 5.57. The lowest BCUT2D eigenvalue weighted by atomic mass is 10.00. The van der Waals surface area contributed by atoms with Gasteiger partial charge >= 0.3 is 0 Å². The van der Waals surface area contributed by atoms with E-state index in [0.29, 0.717) is 5.56 Å². The number of hydrogen-bond acceptors (Lipinski definition) is 8. The Kier molecular flexibility index (Phi) is 5.66. The molecule has 1 aliphatic heterocycles. The van der Waals surface area contributed by atoms with E-state index in [2.05, 4.69) is 0 Å². The molecule has 1 heterocycles. The van der Waals surface area contributed by atoms with Gasteiger partial charge in [0.15, 0.2) is 17.3 Å². The van der Waals surface area contributed by atoms with E-state index in [1.807, 2.05) is 0 Å². The van der Waals surface area contributed by atoms with Crippen molar-refractivity contribution in [2.75, 3.05) is 14.2 Å². The number of methoxy groups -OCH3 is 2. The highest BCUT2D eigenvalue weighted by molar-refractivity contribution is 5.95. The van der Waals surface area contributed by atoms with Gasteiger partial charge in [-0.2, -0.15) is 0 Å². The molecule has 1 aliphatic rings. The molecule has 3 N–H and O–H groups in total. The molecule has 5 atom stereocenters. The van der Waals surface area contributed by atoms with E-state index in [-0.39, 0.29) is 23.0 Å². The van der Waals surface area contributed by atoms with Gasteiger partial charge in [0.25, 0.3) is 0 Å². The predicted molar refractivity (Wildman–Crippen MR) is 82.5 cm³/mol. The van der Waals surface area contributed by atoms with E-state index in [0.717, 1.165) is 0 Å². The molecule has 0 unspecified atom stereocenters. The fourth-order valence-electron chi connectivity index (χ4n) is 2.43. The minimum Gasteiger partial charge on any atom is -0.493 e. The summed E-state index contributed by atoms with van der Waals surface area (Å²) in [5.74, 6) is 0.358. The Labute approximate surface area is 139 Å². The Morgan fingerprint density at radius 1 is 1.04 bits per heavy atom. The Bertz CT molecular complexity index is 577. The van der Waals surface area contributed by atoms with Crippen molar-refractivity contribution in [3.63, 3.8) is 0 Å². The van der Waals surface area contributed by atoms with Crippen LogP contribution in [0.15, 0.2) is 12.1 Å². The highest BCUT2D eigenvalue weighted by atomic mass is 16.7. The molecule has 1 aromatic carbocycles. The van der Waals surface area contributed by atoms with Crippen LogP contribution in [0.1, 0.15) is 24.2 Å². The zero-order chi connectivity index (χ0) is 18.0.